The zero-order valence-electron chi connectivity index (χ0n) is 10.1. The van der Waals surface area contributed by atoms with Crippen molar-refractivity contribution in [1.29, 1.82) is 0 Å². The summed E-state index contributed by atoms with van der Waals surface area (Å²) in [4.78, 5) is 4.00. The highest BCUT2D eigenvalue weighted by Crippen LogP contribution is 2.27. The van der Waals surface area contributed by atoms with Gasteiger partial charge >= 0.3 is 0 Å². The average molecular weight is 231 g/mol. The van der Waals surface area contributed by atoms with Crippen LogP contribution in [0.25, 0.3) is 11.3 Å². The Morgan fingerprint density at radius 2 is 2.00 bits per heavy atom. The molecule has 2 aromatic rings. The number of rotatable bonds is 4. The molecule has 2 heterocycles. The summed E-state index contributed by atoms with van der Waals surface area (Å²) in [6.45, 7) is 4.37. The molecule has 0 saturated heterocycles. The first-order valence-corrected chi connectivity index (χ1v) is 5.82. The molecule has 0 spiro atoms. The van der Waals surface area contributed by atoms with E-state index in [9.17, 15) is 0 Å². The third-order valence-corrected chi connectivity index (χ3v) is 2.79. The second-order valence-electron chi connectivity index (χ2n) is 4.33. The summed E-state index contributed by atoms with van der Waals surface area (Å²) in [5.41, 5.74) is 4.16. The number of nitrogens with zero attached hydrogens (tertiary/aromatic N) is 2. The molecule has 0 aromatic carbocycles. The quantitative estimate of drug-likeness (QED) is 0.847. The fourth-order valence-electron chi connectivity index (χ4n) is 1.97. The van der Waals surface area contributed by atoms with E-state index in [2.05, 4.69) is 29.0 Å². The van der Waals surface area contributed by atoms with E-state index in [-0.39, 0.29) is 6.61 Å². The lowest BCUT2D eigenvalue weighted by atomic mass is 9.99. The number of hydrogen-bond donors (Lipinski definition) is 2. The van der Waals surface area contributed by atoms with Gasteiger partial charge in [0.25, 0.3) is 0 Å². The first-order chi connectivity index (χ1) is 8.24. The molecule has 4 nitrogen and oxygen atoms in total. The summed E-state index contributed by atoms with van der Waals surface area (Å²) in [5.74, 6) is 0.375. The first-order valence-electron chi connectivity index (χ1n) is 5.82. The van der Waals surface area contributed by atoms with E-state index in [0.717, 1.165) is 22.5 Å². The summed E-state index contributed by atoms with van der Waals surface area (Å²) in [5, 5.41) is 16.6. The number of aliphatic hydroxyl groups excluding tert-OH is 1. The lowest BCUT2D eigenvalue weighted by molar-refractivity contribution is 0.299. The van der Waals surface area contributed by atoms with E-state index in [4.69, 9.17) is 5.11 Å². The van der Waals surface area contributed by atoms with Gasteiger partial charge in [-0.05, 0) is 24.5 Å². The number of pyridine rings is 1. The highest BCUT2D eigenvalue weighted by Gasteiger charge is 2.16. The van der Waals surface area contributed by atoms with Crippen LogP contribution in [0.2, 0.25) is 0 Å². The van der Waals surface area contributed by atoms with E-state index < -0.39 is 0 Å². The monoisotopic (exact) mass is 231 g/mol. The Morgan fingerprint density at radius 3 is 2.59 bits per heavy atom. The van der Waals surface area contributed by atoms with E-state index in [1.165, 1.54) is 0 Å². The van der Waals surface area contributed by atoms with Crippen LogP contribution in [0.5, 0.6) is 0 Å². The van der Waals surface area contributed by atoms with Crippen LogP contribution in [-0.4, -0.2) is 26.9 Å². The summed E-state index contributed by atoms with van der Waals surface area (Å²) in [6, 6.07) is 3.86. The molecule has 0 aliphatic carbocycles. The highest BCUT2D eigenvalue weighted by molar-refractivity contribution is 5.63. The lowest BCUT2D eigenvalue weighted by Crippen LogP contribution is -1.98. The molecule has 0 fully saturated rings. The summed E-state index contributed by atoms with van der Waals surface area (Å²) < 4.78 is 0. The third kappa shape index (κ3) is 2.36. The van der Waals surface area contributed by atoms with Crippen LogP contribution in [-0.2, 0) is 6.42 Å². The van der Waals surface area contributed by atoms with Crippen LogP contribution in [0, 0.1) is 0 Å². The minimum atomic E-state index is 0.136. The smallest absolute Gasteiger partial charge is 0.0957 e. The Kier molecular flexibility index (Phi) is 3.54. The standard InChI is InChI=1S/C13H17N3O/c1-9(2)12-11(5-8-17)13(16-15-12)10-3-6-14-7-4-10/h3-4,6-7,9,17H,5,8H2,1-2H3,(H,15,16). The van der Waals surface area contributed by atoms with Crippen LogP contribution in [0.1, 0.15) is 31.0 Å². The van der Waals surface area contributed by atoms with E-state index >= 15 is 0 Å². The predicted octanol–water partition coefficient (Wildman–Crippen LogP) is 2.13. The van der Waals surface area contributed by atoms with Gasteiger partial charge in [-0.25, -0.2) is 0 Å². The lowest BCUT2D eigenvalue weighted by Gasteiger charge is -2.06. The molecular weight excluding hydrogens is 214 g/mol. The van der Waals surface area contributed by atoms with Gasteiger partial charge in [-0.1, -0.05) is 13.8 Å². The topological polar surface area (TPSA) is 61.8 Å². The Hall–Kier alpha value is -1.68. The Morgan fingerprint density at radius 1 is 1.29 bits per heavy atom. The van der Waals surface area contributed by atoms with Gasteiger partial charge in [-0.3, -0.25) is 10.1 Å². The SMILES string of the molecule is CC(C)c1[nH]nc(-c2ccncc2)c1CCO. The average Bonchev–Trinajstić information content (AvgIpc) is 2.75. The molecule has 90 valence electrons. The van der Waals surface area contributed by atoms with Crippen LogP contribution in [0.4, 0.5) is 0 Å². The molecule has 0 bridgehead atoms. The molecule has 17 heavy (non-hydrogen) atoms. The van der Waals surface area contributed by atoms with Gasteiger partial charge < -0.3 is 5.11 Å². The Balaban J connectivity index is 2.47. The molecular formula is C13H17N3O. The molecule has 0 saturated carbocycles. The van der Waals surface area contributed by atoms with Gasteiger partial charge in [0.15, 0.2) is 0 Å². The minimum Gasteiger partial charge on any atom is -0.396 e. The zero-order chi connectivity index (χ0) is 12.3. The second kappa shape index (κ2) is 5.10. The fourth-order valence-corrected chi connectivity index (χ4v) is 1.97. The van der Waals surface area contributed by atoms with Crippen molar-refractivity contribution >= 4 is 0 Å². The van der Waals surface area contributed by atoms with Gasteiger partial charge in [0, 0.05) is 35.8 Å². The van der Waals surface area contributed by atoms with E-state index in [1.54, 1.807) is 12.4 Å². The van der Waals surface area contributed by atoms with Gasteiger partial charge in [-0.15, -0.1) is 0 Å². The summed E-state index contributed by atoms with van der Waals surface area (Å²) in [7, 11) is 0. The number of aromatic amines is 1. The van der Waals surface area contributed by atoms with Crippen molar-refractivity contribution in [3.8, 4) is 11.3 Å². The van der Waals surface area contributed by atoms with Crippen LogP contribution in [0.3, 0.4) is 0 Å². The molecule has 0 unspecified atom stereocenters. The normalized spacial score (nSPS) is 11.1. The third-order valence-electron chi connectivity index (χ3n) is 2.79. The predicted molar refractivity (Wildman–Crippen MR) is 66.7 cm³/mol. The molecule has 2 N–H and O–H groups in total. The van der Waals surface area contributed by atoms with Crippen molar-refractivity contribution in [3.63, 3.8) is 0 Å². The minimum absolute atomic E-state index is 0.136. The van der Waals surface area contributed by atoms with Crippen LogP contribution < -0.4 is 0 Å². The first kappa shape index (κ1) is 11.8. The van der Waals surface area contributed by atoms with Gasteiger partial charge in [0.05, 0.1) is 5.69 Å². The summed E-state index contributed by atoms with van der Waals surface area (Å²) in [6.07, 6.45) is 4.13. The molecule has 0 aliphatic rings. The fraction of sp³-hybridized carbons (Fsp3) is 0.385. The van der Waals surface area contributed by atoms with Crippen LogP contribution in [0.15, 0.2) is 24.5 Å². The Labute approximate surface area is 101 Å². The van der Waals surface area contributed by atoms with Gasteiger partial charge in [0.1, 0.15) is 0 Å². The molecule has 2 rings (SSSR count). The maximum Gasteiger partial charge on any atom is 0.0957 e. The molecule has 2 aromatic heterocycles. The maximum atomic E-state index is 9.16. The van der Waals surface area contributed by atoms with E-state index in [0.29, 0.717) is 12.3 Å². The maximum absolute atomic E-state index is 9.16. The zero-order valence-corrected chi connectivity index (χ0v) is 10.1. The largest absolute Gasteiger partial charge is 0.396 e. The van der Waals surface area contributed by atoms with Crippen molar-refractivity contribution in [2.45, 2.75) is 26.2 Å². The number of nitrogens with one attached hydrogen (secondary N) is 1. The number of H-pyrrole nitrogens is 1. The van der Waals surface area contributed by atoms with Crippen molar-refractivity contribution < 1.29 is 5.11 Å². The molecule has 0 radical (unpaired) electrons. The van der Waals surface area contributed by atoms with E-state index in [1.807, 2.05) is 12.1 Å². The molecule has 0 aliphatic heterocycles. The van der Waals surface area contributed by atoms with Crippen molar-refractivity contribution in [2.24, 2.45) is 0 Å². The molecule has 4 heteroatoms. The molecule has 0 atom stereocenters. The van der Waals surface area contributed by atoms with Gasteiger partial charge in [0.2, 0.25) is 0 Å². The number of aromatic nitrogens is 3. The van der Waals surface area contributed by atoms with Crippen molar-refractivity contribution in [1.82, 2.24) is 15.2 Å². The van der Waals surface area contributed by atoms with Gasteiger partial charge in [-0.2, -0.15) is 5.10 Å². The molecule has 0 amide bonds. The summed E-state index contributed by atoms with van der Waals surface area (Å²) >= 11 is 0. The number of aliphatic hydroxyl groups is 1. The van der Waals surface area contributed by atoms with Crippen molar-refractivity contribution in [2.75, 3.05) is 6.61 Å². The second-order valence-corrected chi connectivity index (χ2v) is 4.33. The Bertz CT molecular complexity index is 477. The highest BCUT2D eigenvalue weighted by atomic mass is 16.2. The van der Waals surface area contributed by atoms with Crippen molar-refractivity contribution in [3.05, 3.63) is 35.8 Å². The number of hydrogen-bond acceptors (Lipinski definition) is 3. The van der Waals surface area contributed by atoms with Crippen LogP contribution >= 0.6 is 0 Å².